The third kappa shape index (κ3) is 3.22. The molecule has 1 aromatic rings. The Kier molecular flexibility index (Phi) is 4.54. The molecule has 0 aliphatic heterocycles. The summed E-state index contributed by atoms with van der Waals surface area (Å²) < 4.78 is 1.71. The molecule has 1 rings (SSSR count). The lowest BCUT2D eigenvalue weighted by atomic mass is 10.2. The minimum atomic E-state index is -0.0279. The largest absolute Gasteiger partial charge is 0.396 e. The van der Waals surface area contributed by atoms with Crippen molar-refractivity contribution in [3.63, 3.8) is 0 Å². The van der Waals surface area contributed by atoms with E-state index in [9.17, 15) is 4.79 Å². The molecule has 5 heteroatoms. The standard InChI is InChI=1S/C12H22N4O/c1-5-9-12(13)10(6-2)16(15-9)7-11(17)14-8(3)4/h8H,5-7,13H2,1-4H3,(H,14,17). The van der Waals surface area contributed by atoms with Crippen LogP contribution in [0.5, 0.6) is 0 Å². The number of carbonyl (C=O) groups is 1. The summed E-state index contributed by atoms with van der Waals surface area (Å²) >= 11 is 0. The molecule has 0 aliphatic rings. The molecule has 0 radical (unpaired) electrons. The van der Waals surface area contributed by atoms with Crippen LogP contribution < -0.4 is 11.1 Å². The number of aromatic nitrogens is 2. The zero-order valence-electron chi connectivity index (χ0n) is 11.1. The van der Waals surface area contributed by atoms with Crippen molar-refractivity contribution >= 4 is 11.6 Å². The fourth-order valence-electron chi connectivity index (χ4n) is 1.83. The molecular weight excluding hydrogens is 216 g/mol. The van der Waals surface area contributed by atoms with Crippen molar-refractivity contribution in [2.24, 2.45) is 0 Å². The van der Waals surface area contributed by atoms with Crippen molar-refractivity contribution < 1.29 is 4.79 Å². The maximum atomic E-state index is 11.7. The lowest BCUT2D eigenvalue weighted by molar-refractivity contribution is -0.122. The summed E-state index contributed by atoms with van der Waals surface area (Å²) in [5.74, 6) is -0.0279. The molecule has 1 amide bonds. The van der Waals surface area contributed by atoms with Crippen molar-refractivity contribution in [3.05, 3.63) is 11.4 Å². The van der Waals surface area contributed by atoms with E-state index in [0.717, 1.165) is 29.9 Å². The summed E-state index contributed by atoms with van der Waals surface area (Å²) in [5, 5.41) is 7.23. The maximum Gasteiger partial charge on any atom is 0.241 e. The molecule has 0 bridgehead atoms. The van der Waals surface area contributed by atoms with Crippen LogP contribution in [0.4, 0.5) is 5.69 Å². The number of nitrogens with one attached hydrogen (secondary N) is 1. The van der Waals surface area contributed by atoms with Gasteiger partial charge in [0.2, 0.25) is 5.91 Å². The molecule has 0 aliphatic carbocycles. The SMILES string of the molecule is CCc1nn(CC(=O)NC(C)C)c(CC)c1N. The number of carbonyl (C=O) groups excluding carboxylic acids is 1. The molecule has 0 atom stereocenters. The lowest BCUT2D eigenvalue weighted by Gasteiger charge is -2.10. The van der Waals surface area contributed by atoms with Crippen LogP contribution in [0.15, 0.2) is 0 Å². The summed E-state index contributed by atoms with van der Waals surface area (Å²) in [6, 6.07) is 0.145. The van der Waals surface area contributed by atoms with E-state index >= 15 is 0 Å². The van der Waals surface area contributed by atoms with Crippen LogP contribution in [0.1, 0.15) is 39.1 Å². The van der Waals surface area contributed by atoms with Crippen LogP contribution >= 0.6 is 0 Å². The molecule has 17 heavy (non-hydrogen) atoms. The van der Waals surface area contributed by atoms with E-state index in [2.05, 4.69) is 10.4 Å². The van der Waals surface area contributed by atoms with Gasteiger partial charge in [-0.3, -0.25) is 9.48 Å². The van der Waals surface area contributed by atoms with E-state index in [0.29, 0.717) is 0 Å². The van der Waals surface area contributed by atoms with E-state index in [1.165, 1.54) is 0 Å². The van der Waals surface area contributed by atoms with Gasteiger partial charge < -0.3 is 11.1 Å². The number of nitrogens with two attached hydrogens (primary N) is 1. The van der Waals surface area contributed by atoms with E-state index in [1.54, 1.807) is 4.68 Å². The van der Waals surface area contributed by atoms with E-state index < -0.39 is 0 Å². The number of amides is 1. The molecular formula is C12H22N4O. The van der Waals surface area contributed by atoms with Crippen molar-refractivity contribution in [3.8, 4) is 0 Å². The van der Waals surface area contributed by atoms with Gasteiger partial charge in [0.25, 0.3) is 0 Å². The zero-order valence-corrected chi connectivity index (χ0v) is 11.1. The Balaban J connectivity index is 2.87. The van der Waals surface area contributed by atoms with Gasteiger partial charge in [0.05, 0.1) is 17.1 Å². The normalized spacial score (nSPS) is 10.9. The molecule has 0 spiro atoms. The average Bonchev–Trinajstić information content (AvgIpc) is 2.53. The van der Waals surface area contributed by atoms with Gasteiger partial charge in [0.15, 0.2) is 0 Å². The molecule has 1 heterocycles. The predicted molar refractivity (Wildman–Crippen MR) is 68.7 cm³/mol. The molecule has 0 fully saturated rings. The van der Waals surface area contributed by atoms with Gasteiger partial charge in [-0.05, 0) is 26.7 Å². The van der Waals surface area contributed by atoms with Crippen molar-refractivity contribution in [2.75, 3.05) is 5.73 Å². The first-order chi connectivity index (χ1) is 7.99. The number of aryl methyl sites for hydroxylation is 1. The maximum absolute atomic E-state index is 11.7. The number of anilines is 1. The number of hydrogen-bond donors (Lipinski definition) is 2. The highest BCUT2D eigenvalue weighted by Gasteiger charge is 2.14. The van der Waals surface area contributed by atoms with Crippen molar-refractivity contribution in [1.82, 2.24) is 15.1 Å². The zero-order chi connectivity index (χ0) is 13.0. The molecule has 1 aromatic heterocycles. The van der Waals surface area contributed by atoms with Gasteiger partial charge in [-0.1, -0.05) is 13.8 Å². The van der Waals surface area contributed by atoms with Gasteiger partial charge in [0.1, 0.15) is 6.54 Å². The van der Waals surface area contributed by atoms with Gasteiger partial charge in [-0.2, -0.15) is 5.10 Å². The van der Waals surface area contributed by atoms with E-state index in [1.807, 2.05) is 27.7 Å². The van der Waals surface area contributed by atoms with Crippen LogP contribution in [0.3, 0.4) is 0 Å². The quantitative estimate of drug-likeness (QED) is 0.807. The monoisotopic (exact) mass is 238 g/mol. The van der Waals surface area contributed by atoms with Crippen LogP contribution in [0, 0.1) is 0 Å². The fourth-order valence-corrected chi connectivity index (χ4v) is 1.83. The molecule has 0 aromatic carbocycles. The van der Waals surface area contributed by atoms with Crippen LogP contribution in [0.2, 0.25) is 0 Å². The van der Waals surface area contributed by atoms with Gasteiger partial charge in [-0.25, -0.2) is 0 Å². The first-order valence-electron chi connectivity index (χ1n) is 6.12. The Morgan fingerprint density at radius 3 is 2.53 bits per heavy atom. The highest BCUT2D eigenvalue weighted by atomic mass is 16.2. The van der Waals surface area contributed by atoms with Crippen LogP contribution in [-0.4, -0.2) is 21.7 Å². The molecule has 0 saturated heterocycles. The molecule has 5 nitrogen and oxygen atoms in total. The molecule has 3 N–H and O–H groups in total. The minimum Gasteiger partial charge on any atom is -0.396 e. The van der Waals surface area contributed by atoms with E-state index in [4.69, 9.17) is 5.73 Å². The van der Waals surface area contributed by atoms with E-state index in [-0.39, 0.29) is 18.5 Å². The predicted octanol–water partition coefficient (Wildman–Crippen LogP) is 1.11. The first-order valence-corrected chi connectivity index (χ1v) is 6.12. The third-order valence-electron chi connectivity index (χ3n) is 2.59. The lowest BCUT2D eigenvalue weighted by Crippen LogP contribution is -2.33. The fraction of sp³-hybridized carbons (Fsp3) is 0.667. The minimum absolute atomic E-state index is 0.0279. The van der Waals surface area contributed by atoms with Gasteiger partial charge in [0, 0.05) is 6.04 Å². The molecule has 0 saturated carbocycles. The highest BCUT2D eigenvalue weighted by molar-refractivity contribution is 5.76. The summed E-state index contributed by atoms with van der Waals surface area (Å²) in [6.45, 7) is 8.15. The third-order valence-corrected chi connectivity index (χ3v) is 2.59. The summed E-state index contributed by atoms with van der Waals surface area (Å²) in [7, 11) is 0. The molecule has 96 valence electrons. The summed E-state index contributed by atoms with van der Waals surface area (Å²) in [6.07, 6.45) is 1.57. The Labute approximate surface area is 102 Å². The van der Waals surface area contributed by atoms with Crippen molar-refractivity contribution in [2.45, 2.75) is 53.1 Å². The Bertz CT molecular complexity index is 395. The second-order valence-corrected chi connectivity index (χ2v) is 4.39. The average molecular weight is 238 g/mol. The second kappa shape index (κ2) is 5.70. The number of hydrogen-bond acceptors (Lipinski definition) is 3. The molecule has 0 unspecified atom stereocenters. The Hall–Kier alpha value is -1.52. The highest BCUT2D eigenvalue weighted by Crippen LogP contribution is 2.18. The Morgan fingerprint density at radius 2 is 2.06 bits per heavy atom. The van der Waals surface area contributed by atoms with Crippen LogP contribution in [0.25, 0.3) is 0 Å². The second-order valence-electron chi connectivity index (χ2n) is 4.39. The number of rotatable bonds is 5. The summed E-state index contributed by atoms with van der Waals surface area (Å²) in [5.41, 5.74) is 8.54. The number of nitrogen functional groups attached to an aromatic ring is 1. The van der Waals surface area contributed by atoms with Crippen molar-refractivity contribution in [1.29, 1.82) is 0 Å². The Morgan fingerprint density at radius 1 is 1.41 bits per heavy atom. The van der Waals surface area contributed by atoms with Gasteiger partial charge >= 0.3 is 0 Å². The smallest absolute Gasteiger partial charge is 0.241 e. The number of nitrogens with zero attached hydrogens (tertiary/aromatic N) is 2. The topological polar surface area (TPSA) is 72.9 Å². The first kappa shape index (κ1) is 13.5. The van der Waals surface area contributed by atoms with Gasteiger partial charge in [-0.15, -0.1) is 0 Å². The summed E-state index contributed by atoms with van der Waals surface area (Å²) in [4.78, 5) is 11.7. The van der Waals surface area contributed by atoms with Crippen LogP contribution in [-0.2, 0) is 24.2 Å².